The van der Waals surface area contributed by atoms with Gasteiger partial charge in [-0.05, 0) is 35.7 Å². The lowest BCUT2D eigenvalue weighted by molar-refractivity contribution is -0.139. The van der Waals surface area contributed by atoms with Crippen LogP contribution in [-0.2, 0) is 16.1 Å². The molecule has 1 atom stereocenters. The monoisotopic (exact) mass is 412 g/mol. The molecule has 31 heavy (non-hydrogen) atoms. The predicted molar refractivity (Wildman–Crippen MR) is 118 cm³/mol. The lowest BCUT2D eigenvalue weighted by Crippen LogP contribution is -2.29. The smallest absolute Gasteiger partial charge is 0.252 e. The Morgan fingerprint density at radius 1 is 0.839 bits per heavy atom. The normalized spacial score (nSPS) is 14.5. The van der Waals surface area contributed by atoms with Crippen LogP contribution >= 0.6 is 0 Å². The number of amides is 3. The van der Waals surface area contributed by atoms with Crippen molar-refractivity contribution in [3.05, 3.63) is 107 Å². The molecule has 1 N–H and O–H groups in total. The Balaban J connectivity index is 1.51. The molecule has 5 nitrogen and oxygen atoms in total. The maximum atomic E-state index is 13.0. The van der Waals surface area contributed by atoms with E-state index in [1.54, 1.807) is 24.3 Å². The molecule has 3 aromatic carbocycles. The highest BCUT2D eigenvalue weighted by molar-refractivity contribution is 6.01. The van der Waals surface area contributed by atoms with Gasteiger partial charge in [0.2, 0.25) is 11.8 Å². The van der Waals surface area contributed by atoms with Gasteiger partial charge < -0.3 is 5.32 Å². The molecule has 1 aliphatic rings. The molecule has 0 aromatic heterocycles. The van der Waals surface area contributed by atoms with E-state index in [4.69, 9.17) is 0 Å². The van der Waals surface area contributed by atoms with Crippen molar-refractivity contribution in [2.24, 2.45) is 0 Å². The number of nitrogens with zero attached hydrogens (tertiary/aromatic N) is 1. The first-order valence-electron chi connectivity index (χ1n) is 10.4. The Morgan fingerprint density at radius 3 is 2.03 bits per heavy atom. The van der Waals surface area contributed by atoms with E-state index >= 15 is 0 Å². The standard InChI is InChI=1S/C26H24N2O3/c1-18-7-11-21(12-8-18)25(20-5-3-2-4-6-20)27-26(31)22-13-9-19(10-14-22)17-28-23(29)15-16-24(28)30/h2-14,25H,15-17H2,1H3,(H,27,31)/t25-/m1/s1. The van der Waals surface area contributed by atoms with Crippen LogP contribution in [0, 0.1) is 6.92 Å². The zero-order chi connectivity index (χ0) is 21.8. The van der Waals surface area contributed by atoms with Gasteiger partial charge in [0.25, 0.3) is 5.91 Å². The topological polar surface area (TPSA) is 66.5 Å². The Labute approximate surface area is 181 Å². The molecule has 0 unspecified atom stereocenters. The van der Waals surface area contributed by atoms with Crippen molar-refractivity contribution >= 4 is 17.7 Å². The maximum Gasteiger partial charge on any atom is 0.252 e. The number of likely N-dealkylation sites (tertiary alicyclic amines) is 1. The number of rotatable bonds is 6. The van der Waals surface area contributed by atoms with Crippen molar-refractivity contribution in [1.29, 1.82) is 0 Å². The molecule has 156 valence electrons. The van der Waals surface area contributed by atoms with Crippen LogP contribution in [0.3, 0.4) is 0 Å². The number of carbonyl (C=O) groups excluding carboxylic acids is 3. The number of carbonyl (C=O) groups is 3. The minimum absolute atomic E-state index is 0.143. The van der Waals surface area contributed by atoms with Crippen molar-refractivity contribution in [2.45, 2.75) is 32.4 Å². The second-order valence-electron chi connectivity index (χ2n) is 7.80. The van der Waals surface area contributed by atoms with Crippen LogP contribution in [0.4, 0.5) is 0 Å². The molecule has 1 aliphatic heterocycles. The van der Waals surface area contributed by atoms with Crippen molar-refractivity contribution in [2.75, 3.05) is 0 Å². The summed E-state index contributed by atoms with van der Waals surface area (Å²) in [5, 5.41) is 3.13. The molecule has 1 fully saturated rings. The number of nitrogens with one attached hydrogen (secondary N) is 1. The highest BCUT2D eigenvalue weighted by Crippen LogP contribution is 2.23. The molecular formula is C26H24N2O3. The maximum absolute atomic E-state index is 13.0. The van der Waals surface area contributed by atoms with Gasteiger partial charge in [-0.1, -0.05) is 72.3 Å². The van der Waals surface area contributed by atoms with Gasteiger partial charge >= 0.3 is 0 Å². The fraction of sp³-hybridized carbons (Fsp3) is 0.192. The van der Waals surface area contributed by atoms with Crippen LogP contribution in [0.25, 0.3) is 0 Å². The minimum atomic E-state index is -0.270. The summed E-state index contributed by atoms with van der Waals surface area (Å²) in [6, 6.07) is 24.8. The van der Waals surface area contributed by atoms with E-state index in [1.807, 2.05) is 61.5 Å². The molecular weight excluding hydrogens is 388 g/mol. The third-order valence-electron chi connectivity index (χ3n) is 5.53. The zero-order valence-corrected chi connectivity index (χ0v) is 17.4. The Bertz CT molecular complexity index is 1070. The lowest BCUT2D eigenvalue weighted by atomic mass is 9.97. The van der Waals surface area contributed by atoms with Gasteiger partial charge in [0.1, 0.15) is 0 Å². The molecule has 1 saturated heterocycles. The summed E-state index contributed by atoms with van der Waals surface area (Å²) in [7, 11) is 0. The summed E-state index contributed by atoms with van der Waals surface area (Å²) >= 11 is 0. The van der Waals surface area contributed by atoms with Gasteiger partial charge in [-0.2, -0.15) is 0 Å². The molecule has 0 aliphatic carbocycles. The highest BCUT2D eigenvalue weighted by atomic mass is 16.2. The van der Waals surface area contributed by atoms with E-state index in [2.05, 4.69) is 5.32 Å². The molecule has 0 bridgehead atoms. The largest absolute Gasteiger partial charge is 0.341 e. The Kier molecular flexibility index (Phi) is 5.94. The number of aryl methyl sites for hydroxylation is 1. The van der Waals surface area contributed by atoms with Crippen molar-refractivity contribution in [1.82, 2.24) is 10.2 Å². The highest BCUT2D eigenvalue weighted by Gasteiger charge is 2.28. The fourth-order valence-electron chi connectivity index (χ4n) is 3.72. The van der Waals surface area contributed by atoms with E-state index in [1.165, 1.54) is 4.90 Å². The van der Waals surface area contributed by atoms with Crippen molar-refractivity contribution in [3.63, 3.8) is 0 Å². The molecule has 1 heterocycles. The first kappa shape index (κ1) is 20.5. The van der Waals surface area contributed by atoms with Crippen LogP contribution < -0.4 is 5.32 Å². The quantitative estimate of drug-likeness (QED) is 0.618. The second kappa shape index (κ2) is 8.96. The van der Waals surface area contributed by atoms with Crippen LogP contribution in [0.1, 0.15) is 51.5 Å². The van der Waals surface area contributed by atoms with Gasteiger partial charge in [-0.15, -0.1) is 0 Å². The van der Waals surface area contributed by atoms with Gasteiger partial charge in [0.15, 0.2) is 0 Å². The lowest BCUT2D eigenvalue weighted by Gasteiger charge is -2.20. The minimum Gasteiger partial charge on any atom is -0.341 e. The summed E-state index contributed by atoms with van der Waals surface area (Å²) in [6.45, 7) is 2.28. The van der Waals surface area contributed by atoms with Crippen LogP contribution in [0.2, 0.25) is 0 Å². The number of hydrogen-bond acceptors (Lipinski definition) is 3. The van der Waals surface area contributed by atoms with Gasteiger partial charge in [-0.25, -0.2) is 0 Å². The summed E-state index contributed by atoms with van der Waals surface area (Å²) in [5.74, 6) is -0.472. The van der Waals surface area contributed by atoms with E-state index in [9.17, 15) is 14.4 Å². The molecule has 5 heteroatoms. The van der Waals surface area contributed by atoms with Gasteiger partial charge in [0, 0.05) is 18.4 Å². The van der Waals surface area contributed by atoms with Crippen molar-refractivity contribution < 1.29 is 14.4 Å². The summed E-state index contributed by atoms with van der Waals surface area (Å²) in [6.07, 6.45) is 0.554. The van der Waals surface area contributed by atoms with Crippen LogP contribution in [0.5, 0.6) is 0 Å². The van der Waals surface area contributed by atoms with Gasteiger partial charge in [-0.3, -0.25) is 19.3 Å². The van der Waals surface area contributed by atoms with Crippen LogP contribution in [-0.4, -0.2) is 22.6 Å². The third kappa shape index (κ3) is 4.72. The zero-order valence-electron chi connectivity index (χ0n) is 17.4. The molecule has 0 spiro atoms. The Hall–Kier alpha value is -3.73. The average molecular weight is 412 g/mol. The van der Waals surface area contributed by atoms with Gasteiger partial charge in [0.05, 0.1) is 12.6 Å². The van der Waals surface area contributed by atoms with Crippen molar-refractivity contribution in [3.8, 4) is 0 Å². The third-order valence-corrected chi connectivity index (χ3v) is 5.53. The summed E-state index contributed by atoms with van der Waals surface area (Å²) < 4.78 is 0. The first-order valence-corrected chi connectivity index (χ1v) is 10.4. The molecule has 3 aromatic rings. The molecule has 0 radical (unpaired) electrons. The van der Waals surface area contributed by atoms with E-state index in [-0.39, 0.29) is 43.1 Å². The van der Waals surface area contributed by atoms with E-state index < -0.39 is 0 Å². The predicted octanol–water partition coefficient (Wildman–Crippen LogP) is 4.16. The number of hydrogen-bond donors (Lipinski definition) is 1. The average Bonchev–Trinajstić information content (AvgIpc) is 3.11. The van der Waals surface area contributed by atoms with E-state index in [0.717, 1.165) is 22.3 Å². The summed E-state index contributed by atoms with van der Waals surface area (Å²) in [5.41, 5.74) is 4.51. The number of benzene rings is 3. The Morgan fingerprint density at radius 2 is 1.42 bits per heavy atom. The van der Waals surface area contributed by atoms with Crippen LogP contribution in [0.15, 0.2) is 78.9 Å². The molecule has 0 saturated carbocycles. The second-order valence-corrected chi connectivity index (χ2v) is 7.80. The number of imide groups is 1. The van der Waals surface area contributed by atoms with E-state index in [0.29, 0.717) is 5.56 Å². The first-order chi connectivity index (χ1) is 15.0. The fourth-order valence-corrected chi connectivity index (χ4v) is 3.72. The SMILES string of the molecule is Cc1ccc([C@H](NC(=O)c2ccc(CN3C(=O)CCC3=O)cc2)c2ccccc2)cc1. The summed E-state index contributed by atoms with van der Waals surface area (Å²) in [4.78, 5) is 37.9. The molecule has 4 rings (SSSR count). The molecule has 3 amide bonds.